The Morgan fingerprint density at radius 3 is 2.62 bits per heavy atom. The largest absolute Gasteiger partial charge is 0.455 e. The SMILES string of the molecule is CCCCS(=O)(=O)Nc1ccc(Oc2cc(C)cc3cccnc23)cc1. The molecule has 5 nitrogen and oxygen atoms in total. The van der Waals surface area contributed by atoms with Crippen molar-refractivity contribution in [2.45, 2.75) is 26.7 Å². The Morgan fingerprint density at radius 1 is 1.12 bits per heavy atom. The second-order valence-corrected chi connectivity index (χ2v) is 8.08. The maximum absolute atomic E-state index is 12.0. The van der Waals surface area contributed by atoms with Crippen LogP contribution in [-0.4, -0.2) is 19.2 Å². The number of aryl methyl sites for hydroxylation is 1. The summed E-state index contributed by atoms with van der Waals surface area (Å²) in [5.74, 6) is 1.43. The number of nitrogens with one attached hydrogen (secondary N) is 1. The number of hydrogen-bond acceptors (Lipinski definition) is 4. The molecule has 0 saturated carbocycles. The zero-order valence-electron chi connectivity index (χ0n) is 14.9. The fraction of sp³-hybridized carbons (Fsp3) is 0.250. The Bertz CT molecular complexity index is 999. The standard InChI is InChI=1S/C20H22N2O3S/c1-3-4-12-26(23,24)22-17-7-9-18(10-8-17)25-19-14-15(2)13-16-6-5-11-21-20(16)19/h5-11,13-14,22H,3-4,12H2,1-2H3. The van der Waals surface area contributed by atoms with Gasteiger partial charge in [0.25, 0.3) is 0 Å². The maximum Gasteiger partial charge on any atom is 0.232 e. The molecule has 1 N–H and O–H groups in total. The van der Waals surface area contributed by atoms with Gasteiger partial charge in [-0.25, -0.2) is 8.42 Å². The van der Waals surface area contributed by atoms with Crippen LogP contribution in [0.5, 0.6) is 11.5 Å². The molecular weight excluding hydrogens is 348 g/mol. The summed E-state index contributed by atoms with van der Waals surface area (Å²) in [5, 5.41) is 1.02. The van der Waals surface area contributed by atoms with Gasteiger partial charge in [0.2, 0.25) is 10.0 Å². The van der Waals surface area contributed by atoms with Gasteiger partial charge in [0, 0.05) is 17.3 Å². The van der Waals surface area contributed by atoms with Gasteiger partial charge >= 0.3 is 0 Å². The fourth-order valence-electron chi connectivity index (χ4n) is 2.66. The molecule has 1 heterocycles. The summed E-state index contributed by atoms with van der Waals surface area (Å²) in [6.45, 7) is 3.97. The van der Waals surface area contributed by atoms with Gasteiger partial charge in [-0.1, -0.05) is 19.4 Å². The van der Waals surface area contributed by atoms with E-state index >= 15 is 0 Å². The lowest BCUT2D eigenvalue weighted by Crippen LogP contribution is -2.16. The second kappa shape index (κ2) is 7.74. The molecule has 0 atom stereocenters. The van der Waals surface area contributed by atoms with E-state index in [4.69, 9.17) is 4.74 Å². The van der Waals surface area contributed by atoms with Crippen LogP contribution in [-0.2, 0) is 10.0 Å². The molecule has 0 aliphatic heterocycles. The van der Waals surface area contributed by atoms with Crippen molar-refractivity contribution >= 4 is 26.6 Å². The number of rotatable bonds is 7. The minimum atomic E-state index is -3.30. The molecule has 0 amide bonds. The zero-order valence-corrected chi connectivity index (χ0v) is 15.7. The Kier molecular flexibility index (Phi) is 5.42. The minimum Gasteiger partial charge on any atom is -0.455 e. The van der Waals surface area contributed by atoms with Crippen LogP contribution in [0.25, 0.3) is 10.9 Å². The van der Waals surface area contributed by atoms with Gasteiger partial charge in [0.05, 0.1) is 5.75 Å². The average Bonchev–Trinajstić information content (AvgIpc) is 2.61. The number of unbranched alkanes of at least 4 members (excludes halogenated alkanes) is 1. The lowest BCUT2D eigenvalue weighted by atomic mass is 10.1. The number of anilines is 1. The minimum absolute atomic E-state index is 0.128. The first-order chi connectivity index (χ1) is 12.5. The first kappa shape index (κ1) is 18.2. The Hall–Kier alpha value is -2.60. The van der Waals surface area contributed by atoms with Crippen molar-refractivity contribution in [3.05, 3.63) is 60.3 Å². The molecule has 0 aliphatic carbocycles. The van der Waals surface area contributed by atoms with Crippen LogP contribution in [0.4, 0.5) is 5.69 Å². The highest BCUT2D eigenvalue weighted by atomic mass is 32.2. The van der Waals surface area contributed by atoms with E-state index in [0.717, 1.165) is 22.9 Å². The molecule has 136 valence electrons. The van der Waals surface area contributed by atoms with Crippen LogP contribution in [0, 0.1) is 6.92 Å². The summed E-state index contributed by atoms with van der Waals surface area (Å²) in [7, 11) is -3.30. The lowest BCUT2D eigenvalue weighted by molar-refractivity contribution is 0.487. The van der Waals surface area contributed by atoms with Gasteiger partial charge in [0.15, 0.2) is 5.75 Å². The van der Waals surface area contributed by atoms with E-state index < -0.39 is 10.0 Å². The molecule has 0 saturated heterocycles. The third kappa shape index (κ3) is 4.52. The van der Waals surface area contributed by atoms with Crippen LogP contribution < -0.4 is 9.46 Å². The molecule has 0 bridgehead atoms. The maximum atomic E-state index is 12.0. The Balaban J connectivity index is 1.78. The van der Waals surface area contributed by atoms with Gasteiger partial charge in [-0.3, -0.25) is 9.71 Å². The third-order valence-electron chi connectivity index (χ3n) is 3.94. The van der Waals surface area contributed by atoms with Crippen LogP contribution in [0.1, 0.15) is 25.3 Å². The first-order valence-corrected chi connectivity index (χ1v) is 10.3. The predicted octanol–water partition coefficient (Wildman–Crippen LogP) is 4.88. The highest BCUT2D eigenvalue weighted by Gasteiger charge is 2.10. The lowest BCUT2D eigenvalue weighted by Gasteiger charge is -2.11. The van der Waals surface area contributed by atoms with E-state index in [1.807, 2.05) is 32.0 Å². The van der Waals surface area contributed by atoms with Gasteiger partial charge < -0.3 is 4.74 Å². The molecule has 2 aromatic carbocycles. The molecule has 3 aromatic rings. The molecule has 0 spiro atoms. The van der Waals surface area contributed by atoms with E-state index in [-0.39, 0.29) is 5.75 Å². The van der Waals surface area contributed by atoms with Gasteiger partial charge in [0.1, 0.15) is 11.3 Å². The molecular formula is C20H22N2O3S. The third-order valence-corrected chi connectivity index (χ3v) is 5.31. The number of ether oxygens (including phenoxy) is 1. The highest BCUT2D eigenvalue weighted by Crippen LogP contribution is 2.30. The van der Waals surface area contributed by atoms with Crippen molar-refractivity contribution in [3.63, 3.8) is 0 Å². The number of pyridine rings is 1. The number of sulfonamides is 1. The van der Waals surface area contributed by atoms with Gasteiger partial charge in [-0.15, -0.1) is 0 Å². The van der Waals surface area contributed by atoms with Crippen molar-refractivity contribution in [2.24, 2.45) is 0 Å². The van der Waals surface area contributed by atoms with E-state index in [1.165, 1.54) is 0 Å². The Morgan fingerprint density at radius 2 is 1.88 bits per heavy atom. The number of fused-ring (bicyclic) bond motifs is 1. The van der Waals surface area contributed by atoms with Crippen molar-refractivity contribution in [2.75, 3.05) is 10.5 Å². The Labute approximate surface area is 154 Å². The molecule has 26 heavy (non-hydrogen) atoms. The van der Waals surface area contributed by atoms with E-state index in [2.05, 4.69) is 15.8 Å². The van der Waals surface area contributed by atoms with Crippen molar-refractivity contribution < 1.29 is 13.2 Å². The van der Waals surface area contributed by atoms with E-state index in [9.17, 15) is 8.42 Å². The van der Waals surface area contributed by atoms with E-state index in [0.29, 0.717) is 23.6 Å². The van der Waals surface area contributed by atoms with Crippen molar-refractivity contribution in [3.8, 4) is 11.5 Å². The number of aromatic nitrogens is 1. The zero-order chi connectivity index (χ0) is 18.6. The van der Waals surface area contributed by atoms with Crippen LogP contribution in [0.2, 0.25) is 0 Å². The summed E-state index contributed by atoms with van der Waals surface area (Å²) < 4.78 is 32.5. The number of hydrogen-bond donors (Lipinski definition) is 1. The summed E-state index contributed by atoms with van der Waals surface area (Å²) in [4.78, 5) is 4.40. The van der Waals surface area contributed by atoms with Gasteiger partial charge in [-0.05, 0) is 61.4 Å². The summed E-state index contributed by atoms with van der Waals surface area (Å²) in [6, 6.07) is 14.8. The summed E-state index contributed by atoms with van der Waals surface area (Å²) in [5.41, 5.74) is 2.41. The van der Waals surface area contributed by atoms with Crippen LogP contribution in [0.3, 0.4) is 0 Å². The van der Waals surface area contributed by atoms with E-state index in [1.54, 1.807) is 30.5 Å². The number of nitrogens with zero attached hydrogens (tertiary/aromatic N) is 1. The first-order valence-electron chi connectivity index (χ1n) is 8.60. The highest BCUT2D eigenvalue weighted by molar-refractivity contribution is 7.92. The molecule has 0 aliphatic rings. The van der Waals surface area contributed by atoms with Gasteiger partial charge in [-0.2, -0.15) is 0 Å². The summed E-state index contributed by atoms with van der Waals surface area (Å²) in [6.07, 6.45) is 3.22. The monoisotopic (exact) mass is 370 g/mol. The summed E-state index contributed by atoms with van der Waals surface area (Å²) >= 11 is 0. The second-order valence-electron chi connectivity index (χ2n) is 6.24. The topological polar surface area (TPSA) is 68.3 Å². The van der Waals surface area contributed by atoms with Crippen molar-refractivity contribution in [1.82, 2.24) is 4.98 Å². The molecule has 3 rings (SSSR count). The smallest absolute Gasteiger partial charge is 0.232 e. The fourth-order valence-corrected chi connectivity index (χ4v) is 3.93. The predicted molar refractivity (Wildman–Crippen MR) is 105 cm³/mol. The average molecular weight is 370 g/mol. The quantitative estimate of drug-likeness (QED) is 0.644. The normalized spacial score (nSPS) is 11.5. The molecule has 1 aromatic heterocycles. The number of benzene rings is 2. The van der Waals surface area contributed by atoms with Crippen LogP contribution in [0.15, 0.2) is 54.7 Å². The molecule has 0 fully saturated rings. The molecule has 0 radical (unpaired) electrons. The van der Waals surface area contributed by atoms with Crippen molar-refractivity contribution in [1.29, 1.82) is 0 Å². The molecule has 6 heteroatoms. The van der Waals surface area contributed by atoms with Crippen LogP contribution >= 0.6 is 0 Å². The molecule has 0 unspecified atom stereocenters.